The summed E-state index contributed by atoms with van der Waals surface area (Å²) in [6.07, 6.45) is -0.611. The van der Waals surface area contributed by atoms with Gasteiger partial charge in [-0.05, 0) is 49.1 Å². The molecule has 2 amide bonds. The van der Waals surface area contributed by atoms with Gasteiger partial charge in [0.1, 0.15) is 18.5 Å². The number of aliphatic hydroxyl groups excluding tert-OH is 1. The van der Waals surface area contributed by atoms with E-state index in [2.05, 4.69) is 0 Å². The molecule has 2 aromatic rings. The summed E-state index contributed by atoms with van der Waals surface area (Å²) < 4.78 is 11.2. The highest BCUT2D eigenvalue weighted by Gasteiger charge is 2.58. The van der Waals surface area contributed by atoms with Gasteiger partial charge in [0.2, 0.25) is 5.60 Å². The molecule has 1 fully saturated rings. The van der Waals surface area contributed by atoms with E-state index in [1.54, 1.807) is 0 Å². The molecule has 4 rings (SSSR count). The fraction of sp³-hybridized carbons (Fsp3) is 0.364. The molecule has 1 saturated heterocycles. The van der Waals surface area contributed by atoms with E-state index in [0.717, 1.165) is 27.2 Å². The maximum absolute atomic E-state index is 13.0. The average molecular weight is 381 g/mol. The Morgan fingerprint density at radius 3 is 2.64 bits per heavy atom. The number of carbonyl (C=O) groups is 2. The van der Waals surface area contributed by atoms with Gasteiger partial charge < -0.3 is 14.6 Å². The molecule has 0 bridgehead atoms. The van der Waals surface area contributed by atoms with E-state index >= 15 is 0 Å². The van der Waals surface area contributed by atoms with E-state index in [0.29, 0.717) is 18.6 Å². The number of nitrogens with zero attached hydrogens (tertiary/aromatic N) is 1. The summed E-state index contributed by atoms with van der Waals surface area (Å²) in [5.41, 5.74) is 2.64. The van der Waals surface area contributed by atoms with E-state index < -0.39 is 23.7 Å². The van der Waals surface area contributed by atoms with Gasteiger partial charge in [0.05, 0.1) is 6.54 Å². The number of hydrogen-bond donors (Lipinski definition) is 1. The lowest BCUT2D eigenvalue weighted by molar-refractivity contribution is -0.138. The number of aliphatic hydroxyl groups is 1. The van der Waals surface area contributed by atoms with Gasteiger partial charge in [0.15, 0.2) is 0 Å². The predicted molar refractivity (Wildman–Crippen MR) is 102 cm³/mol. The smallest absolute Gasteiger partial charge is 0.418 e. The van der Waals surface area contributed by atoms with Crippen LogP contribution in [0.4, 0.5) is 4.79 Å². The van der Waals surface area contributed by atoms with Crippen molar-refractivity contribution < 1.29 is 24.2 Å². The topological polar surface area (TPSA) is 76.1 Å². The van der Waals surface area contributed by atoms with Crippen molar-refractivity contribution in [1.82, 2.24) is 4.90 Å². The molecule has 2 aliphatic rings. The van der Waals surface area contributed by atoms with E-state index in [1.165, 1.54) is 0 Å². The Morgan fingerprint density at radius 1 is 1.18 bits per heavy atom. The van der Waals surface area contributed by atoms with Crippen LogP contribution in [0.1, 0.15) is 28.7 Å². The first-order valence-corrected chi connectivity index (χ1v) is 9.41. The first-order chi connectivity index (χ1) is 13.4. The van der Waals surface area contributed by atoms with Crippen molar-refractivity contribution in [2.45, 2.75) is 38.4 Å². The van der Waals surface area contributed by atoms with Crippen LogP contribution in [0.2, 0.25) is 0 Å². The predicted octanol–water partition coefficient (Wildman–Crippen LogP) is 2.86. The third-order valence-corrected chi connectivity index (χ3v) is 5.30. The Bertz CT molecular complexity index is 920. The van der Waals surface area contributed by atoms with Crippen LogP contribution in [-0.2, 0) is 21.6 Å². The zero-order chi connectivity index (χ0) is 19.9. The minimum atomic E-state index is -1.25. The van der Waals surface area contributed by atoms with Crippen molar-refractivity contribution >= 4 is 12.0 Å². The van der Waals surface area contributed by atoms with Gasteiger partial charge in [-0.25, -0.2) is 9.69 Å². The Kier molecular flexibility index (Phi) is 4.59. The monoisotopic (exact) mass is 381 g/mol. The van der Waals surface area contributed by atoms with Crippen molar-refractivity contribution in [2.75, 3.05) is 13.2 Å². The van der Waals surface area contributed by atoms with Gasteiger partial charge in [-0.15, -0.1) is 0 Å². The molecule has 1 N–H and O–H groups in total. The summed E-state index contributed by atoms with van der Waals surface area (Å²) in [4.78, 5) is 26.4. The van der Waals surface area contributed by atoms with E-state index in [-0.39, 0.29) is 13.2 Å². The number of ether oxygens (including phenoxy) is 2. The molecule has 1 aliphatic heterocycles. The molecule has 0 saturated carbocycles. The van der Waals surface area contributed by atoms with Crippen molar-refractivity contribution in [3.05, 3.63) is 64.7 Å². The SMILES string of the molecule is Cc1cc(C)cc(OC[C@@H](O)CN2C(=O)O[C@@]3(CCc4ccccc43)C2=O)c1. The third-order valence-electron chi connectivity index (χ3n) is 5.30. The van der Waals surface area contributed by atoms with E-state index in [4.69, 9.17) is 9.47 Å². The number of β-amino-alcohol motifs (C(OH)–C–C–N with tert-alkyl or cyclic N) is 1. The van der Waals surface area contributed by atoms with Crippen molar-refractivity contribution in [3.8, 4) is 5.75 Å². The summed E-state index contributed by atoms with van der Waals surface area (Å²) >= 11 is 0. The van der Waals surface area contributed by atoms with Gasteiger partial charge in [0, 0.05) is 12.0 Å². The molecule has 0 aromatic heterocycles. The van der Waals surface area contributed by atoms with Gasteiger partial charge >= 0.3 is 6.09 Å². The zero-order valence-corrected chi connectivity index (χ0v) is 16.0. The highest BCUT2D eigenvalue weighted by Crippen LogP contribution is 2.45. The highest BCUT2D eigenvalue weighted by atomic mass is 16.6. The fourth-order valence-electron chi connectivity index (χ4n) is 4.08. The number of hydrogen-bond acceptors (Lipinski definition) is 5. The van der Waals surface area contributed by atoms with Crippen LogP contribution in [0.15, 0.2) is 42.5 Å². The molecule has 6 heteroatoms. The molecule has 1 aliphatic carbocycles. The van der Waals surface area contributed by atoms with Crippen LogP contribution < -0.4 is 4.74 Å². The van der Waals surface area contributed by atoms with Crippen LogP contribution in [0.3, 0.4) is 0 Å². The van der Waals surface area contributed by atoms with E-state index in [1.807, 2.05) is 56.3 Å². The lowest BCUT2D eigenvalue weighted by Gasteiger charge is -2.21. The maximum Gasteiger partial charge on any atom is 0.418 e. The summed E-state index contributed by atoms with van der Waals surface area (Å²) in [5.74, 6) is 0.237. The Labute approximate surface area is 163 Å². The lowest BCUT2D eigenvalue weighted by atomic mass is 9.95. The van der Waals surface area contributed by atoms with Crippen LogP contribution in [0.5, 0.6) is 5.75 Å². The molecule has 0 unspecified atom stereocenters. The van der Waals surface area contributed by atoms with Gasteiger partial charge in [0.25, 0.3) is 5.91 Å². The van der Waals surface area contributed by atoms with Crippen molar-refractivity contribution in [2.24, 2.45) is 0 Å². The third kappa shape index (κ3) is 3.14. The second-order valence-corrected chi connectivity index (χ2v) is 7.56. The van der Waals surface area contributed by atoms with Crippen LogP contribution in [0, 0.1) is 13.8 Å². The summed E-state index contributed by atoms with van der Waals surface area (Å²) in [5, 5.41) is 10.3. The number of benzene rings is 2. The van der Waals surface area contributed by atoms with Crippen molar-refractivity contribution in [1.29, 1.82) is 0 Å². The van der Waals surface area contributed by atoms with Gasteiger partial charge in [-0.1, -0.05) is 30.3 Å². The molecule has 6 nitrogen and oxygen atoms in total. The Balaban J connectivity index is 1.44. The number of fused-ring (bicyclic) bond motifs is 2. The minimum absolute atomic E-state index is 0.0243. The molecular weight excluding hydrogens is 358 g/mol. The van der Waals surface area contributed by atoms with Crippen LogP contribution in [0.25, 0.3) is 0 Å². The zero-order valence-electron chi connectivity index (χ0n) is 16.0. The Hall–Kier alpha value is -2.86. The molecule has 0 radical (unpaired) electrons. The number of imide groups is 1. The number of aryl methyl sites for hydroxylation is 3. The van der Waals surface area contributed by atoms with Crippen LogP contribution in [-0.4, -0.2) is 41.3 Å². The van der Waals surface area contributed by atoms with Gasteiger partial charge in [-0.2, -0.15) is 0 Å². The number of carbonyl (C=O) groups excluding carboxylic acids is 2. The molecule has 1 heterocycles. The highest BCUT2D eigenvalue weighted by molar-refractivity contribution is 6.04. The second-order valence-electron chi connectivity index (χ2n) is 7.56. The number of amides is 2. The normalized spacial score (nSPS) is 21.8. The molecule has 2 atom stereocenters. The number of rotatable bonds is 5. The minimum Gasteiger partial charge on any atom is -0.491 e. The summed E-state index contributed by atoms with van der Waals surface area (Å²) in [6.45, 7) is 3.75. The quantitative estimate of drug-likeness (QED) is 0.862. The molecule has 28 heavy (non-hydrogen) atoms. The maximum atomic E-state index is 13.0. The summed E-state index contributed by atoms with van der Waals surface area (Å²) in [6, 6.07) is 13.3. The fourth-order valence-corrected chi connectivity index (χ4v) is 4.08. The second kappa shape index (κ2) is 6.95. The summed E-state index contributed by atoms with van der Waals surface area (Å²) in [7, 11) is 0. The molecule has 146 valence electrons. The molecule has 2 aromatic carbocycles. The lowest BCUT2D eigenvalue weighted by Crippen LogP contribution is -2.42. The van der Waals surface area contributed by atoms with Gasteiger partial charge in [-0.3, -0.25) is 4.79 Å². The molecule has 1 spiro atoms. The standard InChI is InChI=1S/C22H23NO5/c1-14-9-15(2)11-18(10-14)27-13-17(24)12-23-20(25)22(28-21(23)26)8-7-16-5-3-4-6-19(16)22/h3-6,9-11,17,24H,7-8,12-13H2,1-2H3/t17-,22+/m0/s1. The van der Waals surface area contributed by atoms with Crippen LogP contribution >= 0.6 is 0 Å². The largest absolute Gasteiger partial charge is 0.491 e. The first kappa shape index (κ1) is 18.5. The Morgan fingerprint density at radius 2 is 1.89 bits per heavy atom. The van der Waals surface area contributed by atoms with Crippen molar-refractivity contribution in [3.63, 3.8) is 0 Å². The molecular formula is C22H23NO5. The first-order valence-electron chi connectivity index (χ1n) is 9.41. The van der Waals surface area contributed by atoms with E-state index in [9.17, 15) is 14.7 Å². The average Bonchev–Trinajstić information content (AvgIpc) is 3.13.